The van der Waals surface area contributed by atoms with E-state index in [0.29, 0.717) is 0 Å². The zero-order valence-electron chi connectivity index (χ0n) is 21.0. The van der Waals surface area contributed by atoms with Crippen LogP contribution < -0.4 is 10.2 Å². The largest absolute Gasteiger partial charge is 0.244 e. The van der Waals surface area contributed by atoms with Crippen LogP contribution in [0.3, 0.4) is 0 Å². The predicted octanol–water partition coefficient (Wildman–Crippen LogP) is 7.58. The van der Waals surface area contributed by atoms with Crippen LogP contribution in [0, 0.1) is 20.8 Å². The first-order chi connectivity index (χ1) is 16.1. The number of rotatable bonds is 5. The Morgan fingerprint density at radius 3 is 1.97 bits per heavy atom. The van der Waals surface area contributed by atoms with Crippen LogP contribution in [0.1, 0.15) is 80.9 Å². The molecule has 0 aromatic heterocycles. The van der Waals surface area contributed by atoms with Gasteiger partial charge in [-0.3, -0.25) is 0 Å². The zero-order valence-corrected chi connectivity index (χ0v) is 21.9. The average molecular weight is 462 g/mol. The van der Waals surface area contributed by atoms with Gasteiger partial charge in [-0.25, -0.2) is 9.48 Å². The average Bonchev–Trinajstić information content (AvgIpc) is 3.30. The Bertz CT molecular complexity index is 957. The summed E-state index contributed by atoms with van der Waals surface area (Å²) in [4.78, 5) is 2.58. The molecule has 3 heteroatoms. The van der Waals surface area contributed by atoms with Crippen molar-refractivity contribution in [3.05, 3.63) is 53.1 Å². The SMILES string of the molecule is Cc1cc(C)c([N+]2=CN(c3ccccc3P(C3CCCCC3)C3CCCCC3)CC2)c(C)c1. The highest BCUT2D eigenvalue weighted by atomic mass is 31.1. The molecule has 2 aromatic rings. The summed E-state index contributed by atoms with van der Waals surface area (Å²) in [6.45, 7) is 8.90. The number of nitrogens with zero attached hydrogens (tertiary/aromatic N) is 2. The molecule has 5 rings (SSSR count). The summed E-state index contributed by atoms with van der Waals surface area (Å²) in [6, 6.07) is 14.2. The van der Waals surface area contributed by atoms with Crippen molar-refractivity contribution in [1.29, 1.82) is 0 Å². The van der Waals surface area contributed by atoms with Crippen LogP contribution in [0.25, 0.3) is 0 Å². The van der Waals surface area contributed by atoms with E-state index in [0.717, 1.165) is 24.4 Å². The lowest BCUT2D eigenvalue weighted by atomic mass is 9.99. The first kappa shape index (κ1) is 23.1. The second-order valence-corrected chi connectivity index (χ2v) is 13.5. The van der Waals surface area contributed by atoms with Gasteiger partial charge in [0, 0.05) is 5.30 Å². The van der Waals surface area contributed by atoms with Gasteiger partial charge in [0.1, 0.15) is 24.5 Å². The van der Waals surface area contributed by atoms with E-state index in [2.05, 4.69) is 73.0 Å². The fourth-order valence-electron chi connectivity index (χ4n) is 6.81. The standard InChI is InChI=1S/C30H42N2P/c1-23-20-24(2)30(25(3)21-23)32-19-18-31(22-32)28-16-10-11-17-29(28)33(26-12-6-4-7-13-26)27-14-8-5-9-15-27/h10-11,16-17,20-22,26-27H,4-9,12-15,18-19H2,1-3H3/q+1. The first-order valence-electron chi connectivity index (χ1n) is 13.5. The minimum atomic E-state index is -0.0945. The van der Waals surface area contributed by atoms with Crippen LogP contribution in [0.5, 0.6) is 0 Å². The molecular weight excluding hydrogens is 419 g/mol. The molecule has 0 spiro atoms. The van der Waals surface area contributed by atoms with E-state index in [1.165, 1.54) is 92.3 Å². The Balaban J connectivity index is 1.50. The van der Waals surface area contributed by atoms with Gasteiger partial charge in [-0.2, -0.15) is 0 Å². The Morgan fingerprint density at radius 2 is 1.36 bits per heavy atom. The highest BCUT2D eigenvalue weighted by Gasteiger charge is 2.36. The van der Waals surface area contributed by atoms with Crippen molar-refractivity contribution in [2.24, 2.45) is 0 Å². The summed E-state index contributed by atoms with van der Waals surface area (Å²) in [5, 5.41) is 1.71. The van der Waals surface area contributed by atoms with Gasteiger partial charge in [0.05, 0.1) is 0 Å². The van der Waals surface area contributed by atoms with Gasteiger partial charge in [-0.05, 0) is 75.0 Å². The lowest BCUT2D eigenvalue weighted by Crippen LogP contribution is -2.31. The molecule has 3 aliphatic rings. The number of para-hydroxylation sites is 1. The van der Waals surface area contributed by atoms with E-state index in [1.54, 1.807) is 5.30 Å². The molecular formula is C30H42N2P+. The highest BCUT2D eigenvalue weighted by Crippen LogP contribution is 2.56. The molecule has 33 heavy (non-hydrogen) atoms. The van der Waals surface area contributed by atoms with Gasteiger partial charge >= 0.3 is 0 Å². The van der Waals surface area contributed by atoms with Crippen LogP contribution in [-0.2, 0) is 0 Å². The van der Waals surface area contributed by atoms with Crippen molar-refractivity contribution in [2.45, 2.75) is 96.3 Å². The van der Waals surface area contributed by atoms with E-state index in [9.17, 15) is 0 Å². The second-order valence-electron chi connectivity index (χ2n) is 10.7. The van der Waals surface area contributed by atoms with Gasteiger partial charge in [-0.15, -0.1) is 0 Å². The molecule has 176 valence electrons. The van der Waals surface area contributed by atoms with Crippen LogP contribution in [0.2, 0.25) is 0 Å². The third-order valence-corrected chi connectivity index (χ3v) is 11.7. The summed E-state index contributed by atoms with van der Waals surface area (Å²) in [5.74, 6) is 0. The normalized spacial score (nSPS) is 20.5. The smallest absolute Gasteiger partial charge is 0.229 e. The molecule has 0 atom stereocenters. The zero-order chi connectivity index (χ0) is 22.8. The summed E-state index contributed by atoms with van der Waals surface area (Å²) in [7, 11) is -0.0945. The topological polar surface area (TPSA) is 6.25 Å². The fraction of sp³-hybridized carbons (Fsp3) is 0.567. The number of anilines is 1. The first-order valence-corrected chi connectivity index (χ1v) is 14.9. The Morgan fingerprint density at radius 1 is 0.788 bits per heavy atom. The fourth-order valence-corrected chi connectivity index (χ4v) is 10.8. The molecule has 2 aromatic carbocycles. The van der Waals surface area contributed by atoms with Crippen molar-refractivity contribution in [3.63, 3.8) is 0 Å². The molecule has 2 aliphatic carbocycles. The van der Waals surface area contributed by atoms with Gasteiger partial charge < -0.3 is 0 Å². The molecule has 0 amide bonds. The molecule has 1 heterocycles. The van der Waals surface area contributed by atoms with E-state index in [-0.39, 0.29) is 7.92 Å². The maximum atomic E-state index is 2.58. The van der Waals surface area contributed by atoms with Crippen molar-refractivity contribution in [3.8, 4) is 0 Å². The van der Waals surface area contributed by atoms with Gasteiger partial charge in [0.15, 0.2) is 0 Å². The van der Waals surface area contributed by atoms with Crippen LogP contribution >= 0.6 is 7.92 Å². The Labute approximate surface area is 202 Å². The van der Waals surface area contributed by atoms with Gasteiger partial charge in [-0.1, -0.05) is 82.3 Å². The Hall–Kier alpha value is -1.66. The molecule has 0 unspecified atom stereocenters. The van der Waals surface area contributed by atoms with Crippen molar-refractivity contribution < 1.29 is 4.58 Å². The van der Waals surface area contributed by atoms with Gasteiger partial charge in [0.25, 0.3) is 0 Å². The van der Waals surface area contributed by atoms with Crippen LogP contribution in [0.15, 0.2) is 36.4 Å². The second kappa shape index (κ2) is 10.3. The van der Waals surface area contributed by atoms with Crippen molar-refractivity contribution >= 4 is 30.9 Å². The predicted molar refractivity (Wildman–Crippen MR) is 146 cm³/mol. The summed E-state index contributed by atoms with van der Waals surface area (Å²) in [5.41, 5.74) is 8.94. The molecule has 2 fully saturated rings. The lowest BCUT2D eigenvalue weighted by molar-refractivity contribution is -0.425. The van der Waals surface area contributed by atoms with E-state index in [1.807, 2.05) is 0 Å². The molecule has 1 aliphatic heterocycles. The van der Waals surface area contributed by atoms with Gasteiger partial charge in [0.2, 0.25) is 6.34 Å². The molecule has 0 bridgehead atoms. The third-order valence-electron chi connectivity index (χ3n) is 8.19. The van der Waals surface area contributed by atoms with E-state index >= 15 is 0 Å². The minimum absolute atomic E-state index is 0.0945. The maximum Gasteiger partial charge on any atom is 0.244 e. The third kappa shape index (κ3) is 4.93. The van der Waals surface area contributed by atoms with Crippen LogP contribution in [0.4, 0.5) is 11.4 Å². The summed E-state index contributed by atoms with van der Waals surface area (Å²) < 4.78 is 2.50. The molecule has 0 N–H and O–H groups in total. The summed E-state index contributed by atoms with van der Waals surface area (Å²) in [6.07, 6.45) is 17.0. The molecule has 0 radical (unpaired) electrons. The molecule has 0 saturated heterocycles. The van der Waals surface area contributed by atoms with E-state index < -0.39 is 0 Å². The Kier molecular flexibility index (Phi) is 7.21. The lowest BCUT2D eigenvalue weighted by Gasteiger charge is -2.39. The van der Waals surface area contributed by atoms with Crippen LogP contribution in [-0.4, -0.2) is 35.3 Å². The summed E-state index contributed by atoms with van der Waals surface area (Å²) >= 11 is 0. The molecule has 2 saturated carbocycles. The monoisotopic (exact) mass is 461 g/mol. The van der Waals surface area contributed by atoms with E-state index in [4.69, 9.17) is 0 Å². The number of hydrogen-bond donors (Lipinski definition) is 0. The maximum absolute atomic E-state index is 2.58. The quantitative estimate of drug-likeness (QED) is 0.329. The van der Waals surface area contributed by atoms with Crippen molar-refractivity contribution in [1.82, 2.24) is 0 Å². The number of aryl methyl sites for hydroxylation is 3. The molecule has 2 nitrogen and oxygen atoms in total. The van der Waals surface area contributed by atoms with Crippen molar-refractivity contribution in [2.75, 3.05) is 18.0 Å². The number of hydrogen-bond acceptors (Lipinski definition) is 1. The number of benzene rings is 2. The minimum Gasteiger partial charge on any atom is -0.229 e. The highest BCUT2D eigenvalue weighted by molar-refractivity contribution is 7.67.